The third-order valence-electron chi connectivity index (χ3n) is 4.41. The second kappa shape index (κ2) is 12.4. The third kappa shape index (κ3) is 10.1. The first kappa shape index (κ1) is 28.2. The molecule has 0 saturated carbocycles. The van der Waals surface area contributed by atoms with Crippen LogP contribution in [0.4, 0.5) is 4.79 Å². The number of hydrogen-bond donors (Lipinski definition) is 1. The molecule has 0 radical (unpaired) electrons. The summed E-state index contributed by atoms with van der Waals surface area (Å²) in [4.78, 5) is 26.7. The van der Waals surface area contributed by atoms with Crippen molar-refractivity contribution in [3.8, 4) is 11.8 Å². The van der Waals surface area contributed by atoms with Gasteiger partial charge in [-0.15, -0.1) is 0 Å². The van der Waals surface area contributed by atoms with Crippen LogP contribution in [-0.2, 0) is 36.9 Å². The number of ether oxygens (including phenoxy) is 4. The zero-order valence-electron chi connectivity index (χ0n) is 20.8. The first-order valence-electron chi connectivity index (χ1n) is 10.8. The fourth-order valence-electron chi connectivity index (χ4n) is 2.97. The molecule has 2 atom stereocenters. The number of nitrogens with one attached hydrogen (secondary N) is 1. The Morgan fingerprint density at radius 3 is 2.42 bits per heavy atom. The van der Waals surface area contributed by atoms with Crippen molar-refractivity contribution >= 4 is 12.6 Å². The Labute approximate surface area is 196 Å². The van der Waals surface area contributed by atoms with Crippen molar-refractivity contribution in [1.29, 1.82) is 5.26 Å². The summed E-state index contributed by atoms with van der Waals surface area (Å²) in [5, 5.41) is 9.27. The largest absolute Gasteiger partial charge is 0.487 e. The van der Waals surface area contributed by atoms with E-state index in [1.54, 1.807) is 40.0 Å². The normalized spacial score (nSPS) is 16.0. The van der Waals surface area contributed by atoms with Crippen LogP contribution < -0.4 is 10.2 Å². The summed E-state index contributed by atoms with van der Waals surface area (Å²) < 4.78 is 20.9. The van der Waals surface area contributed by atoms with Gasteiger partial charge in [0.15, 0.2) is 0 Å². The van der Waals surface area contributed by atoms with Crippen LogP contribution in [0.2, 0.25) is 0 Å². The number of nitriles is 1. The van der Waals surface area contributed by atoms with Gasteiger partial charge in [-0.2, -0.15) is 10.7 Å². The maximum atomic E-state index is 11.7. The fraction of sp³-hybridized carbons (Fsp3) is 0.625. The van der Waals surface area contributed by atoms with Crippen molar-refractivity contribution in [2.24, 2.45) is 0 Å². The Kier molecular flexibility index (Phi) is 10.6. The van der Waals surface area contributed by atoms with Gasteiger partial charge in [-0.1, -0.05) is 0 Å². The summed E-state index contributed by atoms with van der Waals surface area (Å²) >= 11 is 0. The molecule has 9 heteroatoms. The molecule has 0 aromatic heterocycles. The lowest BCUT2D eigenvalue weighted by atomic mass is 9.93. The van der Waals surface area contributed by atoms with Gasteiger partial charge in [0, 0.05) is 18.2 Å². The summed E-state index contributed by atoms with van der Waals surface area (Å²) in [6.07, 6.45) is 0.226. The van der Waals surface area contributed by atoms with Gasteiger partial charge in [0.1, 0.15) is 29.2 Å². The van der Waals surface area contributed by atoms with E-state index in [4.69, 9.17) is 19.0 Å². The molecule has 0 bridgehead atoms. The highest BCUT2D eigenvalue weighted by molar-refractivity contribution is 5.66. The van der Waals surface area contributed by atoms with Crippen molar-refractivity contribution in [2.75, 3.05) is 7.11 Å². The Hall–Kier alpha value is -2.83. The van der Waals surface area contributed by atoms with E-state index >= 15 is 0 Å². The number of carbonyl (C=O) groups is 2. The van der Waals surface area contributed by atoms with Crippen LogP contribution in [-0.4, -0.2) is 43.1 Å². The SMILES string of the molecule is CC(C)(C)OC=O.COCc1c(C#N)ccc2c1CCC(C(C)ONC(=O)OC(C)(C)C)O2. The Balaban J connectivity index is 0.000000675. The summed E-state index contributed by atoms with van der Waals surface area (Å²) in [6.45, 7) is 13.5. The van der Waals surface area contributed by atoms with Crippen LogP contribution in [0.1, 0.15) is 71.6 Å². The minimum absolute atomic E-state index is 0.222. The van der Waals surface area contributed by atoms with E-state index in [1.807, 2.05) is 27.7 Å². The Morgan fingerprint density at radius 2 is 1.94 bits per heavy atom. The molecule has 0 spiro atoms. The van der Waals surface area contributed by atoms with Gasteiger partial charge in [-0.05, 0) is 73.4 Å². The number of fused-ring (bicyclic) bond motifs is 1. The number of hydroxylamine groups is 1. The van der Waals surface area contributed by atoms with Crippen LogP contribution in [0.5, 0.6) is 5.75 Å². The molecule has 1 amide bonds. The number of amides is 1. The molecule has 1 aromatic carbocycles. The second-order valence-electron chi connectivity index (χ2n) is 9.56. The van der Waals surface area contributed by atoms with Crippen molar-refractivity contribution < 1.29 is 33.4 Å². The van der Waals surface area contributed by atoms with Gasteiger partial charge >= 0.3 is 6.09 Å². The van der Waals surface area contributed by atoms with E-state index in [0.29, 0.717) is 25.1 Å². The van der Waals surface area contributed by atoms with Gasteiger partial charge in [-0.3, -0.25) is 9.63 Å². The molecule has 9 nitrogen and oxygen atoms in total. The molecule has 0 saturated heterocycles. The molecule has 1 N–H and O–H groups in total. The highest BCUT2D eigenvalue weighted by atomic mass is 16.7. The highest BCUT2D eigenvalue weighted by Gasteiger charge is 2.29. The number of methoxy groups -OCH3 is 1. The van der Waals surface area contributed by atoms with Gasteiger partial charge < -0.3 is 18.9 Å². The van der Waals surface area contributed by atoms with Crippen LogP contribution in [0.25, 0.3) is 0 Å². The summed E-state index contributed by atoms with van der Waals surface area (Å²) in [5.74, 6) is 0.722. The van der Waals surface area contributed by atoms with E-state index < -0.39 is 11.7 Å². The monoisotopic (exact) mass is 464 g/mol. The molecule has 2 rings (SSSR count). The predicted molar refractivity (Wildman–Crippen MR) is 121 cm³/mol. The van der Waals surface area contributed by atoms with E-state index in [2.05, 4.69) is 16.3 Å². The van der Waals surface area contributed by atoms with Gasteiger partial charge in [0.25, 0.3) is 6.47 Å². The van der Waals surface area contributed by atoms with Crippen molar-refractivity contribution in [1.82, 2.24) is 5.48 Å². The van der Waals surface area contributed by atoms with Crippen molar-refractivity contribution in [2.45, 2.75) is 91.3 Å². The average molecular weight is 465 g/mol. The standard InChI is InChI=1S/C19H26N2O5.C5H10O2/c1-12(26-21-18(22)25-19(2,3)4)16-9-7-14-15(11-23-5)13(10-20)6-8-17(14)24-16;1-5(2,3)7-4-6/h6,8,12,16H,7,9,11H2,1-5H3,(H,21,22);4H,1-3H3. The minimum atomic E-state index is -0.637. The highest BCUT2D eigenvalue weighted by Crippen LogP contribution is 2.34. The van der Waals surface area contributed by atoms with Gasteiger partial charge in [-0.25, -0.2) is 4.79 Å². The number of rotatable bonds is 6. The third-order valence-corrected chi connectivity index (χ3v) is 4.41. The van der Waals surface area contributed by atoms with E-state index in [-0.39, 0.29) is 17.8 Å². The summed E-state index contributed by atoms with van der Waals surface area (Å²) in [5.41, 5.74) is 3.86. The van der Waals surface area contributed by atoms with E-state index in [9.17, 15) is 14.9 Å². The first-order valence-corrected chi connectivity index (χ1v) is 10.8. The number of benzene rings is 1. The average Bonchev–Trinajstić information content (AvgIpc) is 2.70. The molecule has 0 fully saturated rings. The lowest BCUT2D eigenvalue weighted by molar-refractivity contribution is -0.138. The molecule has 1 aliphatic rings. The van der Waals surface area contributed by atoms with Crippen LogP contribution in [0.15, 0.2) is 12.1 Å². The van der Waals surface area contributed by atoms with Crippen molar-refractivity contribution in [3.05, 3.63) is 28.8 Å². The van der Waals surface area contributed by atoms with Gasteiger partial charge in [0.05, 0.1) is 18.2 Å². The predicted octanol–water partition coefficient (Wildman–Crippen LogP) is 4.20. The molecular weight excluding hydrogens is 428 g/mol. The zero-order valence-corrected chi connectivity index (χ0v) is 20.8. The molecule has 1 heterocycles. The maximum Gasteiger partial charge on any atom is 0.431 e. The smallest absolute Gasteiger partial charge is 0.431 e. The van der Waals surface area contributed by atoms with Crippen LogP contribution >= 0.6 is 0 Å². The van der Waals surface area contributed by atoms with Crippen LogP contribution in [0.3, 0.4) is 0 Å². The molecule has 1 aromatic rings. The molecule has 184 valence electrons. The Morgan fingerprint density at radius 1 is 1.27 bits per heavy atom. The molecular formula is C24H36N2O7. The van der Waals surface area contributed by atoms with E-state index in [0.717, 1.165) is 23.3 Å². The number of carbonyl (C=O) groups excluding carboxylic acids is 2. The minimum Gasteiger partial charge on any atom is -0.487 e. The number of hydrogen-bond acceptors (Lipinski definition) is 8. The second-order valence-corrected chi connectivity index (χ2v) is 9.56. The van der Waals surface area contributed by atoms with Crippen LogP contribution in [0, 0.1) is 11.3 Å². The summed E-state index contributed by atoms with van der Waals surface area (Å²) in [7, 11) is 1.60. The molecule has 2 unspecified atom stereocenters. The van der Waals surface area contributed by atoms with Crippen molar-refractivity contribution in [3.63, 3.8) is 0 Å². The van der Waals surface area contributed by atoms with Gasteiger partial charge in [0.2, 0.25) is 0 Å². The Bertz CT molecular complexity index is 835. The first-order chi connectivity index (χ1) is 15.3. The zero-order chi connectivity index (χ0) is 25.2. The fourth-order valence-corrected chi connectivity index (χ4v) is 2.97. The topological polar surface area (TPSA) is 116 Å². The number of nitrogens with zero attached hydrogens (tertiary/aromatic N) is 1. The van der Waals surface area contributed by atoms with E-state index in [1.165, 1.54) is 0 Å². The molecule has 1 aliphatic heterocycles. The lowest BCUT2D eigenvalue weighted by Crippen LogP contribution is -2.41. The quantitative estimate of drug-likeness (QED) is 0.492. The lowest BCUT2D eigenvalue weighted by Gasteiger charge is -2.31. The molecule has 33 heavy (non-hydrogen) atoms. The summed E-state index contributed by atoms with van der Waals surface area (Å²) in [6, 6.07) is 5.73. The molecule has 0 aliphatic carbocycles. The maximum absolute atomic E-state index is 11.7.